The van der Waals surface area contributed by atoms with Crippen LogP contribution in [0.15, 0.2) is 12.3 Å². The van der Waals surface area contributed by atoms with Gasteiger partial charge in [-0.25, -0.2) is 0 Å². The van der Waals surface area contributed by atoms with E-state index in [1.54, 1.807) is 6.07 Å². The van der Waals surface area contributed by atoms with Gasteiger partial charge >= 0.3 is 6.18 Å². The number of nitriles is 1. The van der Waals surface area contributed by atoms with Gasteiger partial charge < -0.3 is 0 Å². The first-order valence-corrected chi connectivity index (χ1v) is 3.39. The second kappa shape index (κ2) is 3.05. The smallest absolute Gasteiger partial charge is 0.251 e. The highest BCUT2D eigenvalue weighted by molar-refractivity contribution is 5.36. The van der Waals surface area contributed by atoms with Crippen molar-refractivity contribution in [3.8, 4) is 6.07 Å². The molecule has 1 rings (SSSR count). The average molecular weight is 186 g/mol. The Morgan fingerprint density at radius 1 is 1.46 bits per heavy atom. The molecule has 0 N–H and O–H groups in total. The Hall–Kier alpha value is -1.57. The number of halogens is 3. The Bertz CT molecular complexity index is 363. The molecule has 1 aromatic heterocycles. The van der Waals surface area contributed by atoms with Gasteiger partial charge in [-0.1, -0.05) is 0 Å². The molecule has 0 aliphatic rings. The largest absolute Gasteiger partial charge is 0.433 e. The van der Waals surface area contributed by atoms with Gasteiger partial charge in [0.25, 0.3) is 0 Å². The SMILES string of the molecule is Cc1cnc(C(F)(F)F)cc1C#N. The van der Waals surface area contributed by atoms with Gasteiger partial charge in [-0.05, 0) is 18.6 Å². The van der Waals surface area contributed by atoms with Gasteiger partial charge in [-0.15, -0.1) is 0 Å². The number of hydrogen-bond acceptors (Lipinski definition) is 2. The maximum absolute atomic E-state index is 12.1. The van der Waals surface area contributed by atoms with Crippen LogP contribution in [0.4, 0.5) is 13.2 Å². The highest BCUT2D eigenvalue weighted by atomic mass is 19.4. The van der Waals surface area contributed by atoms with Crippen molar-refractivity contribution in [2.24, 2.45) is 0 Å². The molecule has 0 saturated heterocycles. The van der Waals surface area contributed by atoms with E-state index >= 15 is 0 Å². The number of rotatable bonds is 0. The lowest BCUT2D eigenvalue weighted by Crippen LogP contribution is -2.08. The van der Waals surface area contributed by atoms with Crippen molar-refractivity contribution in [1.82, 2.24) is 4.98 Å². The van der Waals surface area contributed by atoms with E-state index in [0.29, 0.717) is 5.56 Å². The molecule has 13 heavy (non-hydrogen) atoms. The maximum atomic E-state index is 12.1. The molecule has 0 saturated carbocycles. The van der Waals surface area contributed by atoms with Gasteiger partial charge in [0.15, 0.2) is 0 Å². The van der Waals surface area contributed by atoms with E-state index < -0.39 is 11.9 Å². The molecule has 0 amide bonds. The van der Waals surface area contributed by atoms with Gasteiger partial charge in [0.2, 0.25) is 0 Å². The zero-order chi connectivity index (χ0) is 10.1. The third-order valence-electron chi connectivity index (χ3n) is 1.51. The van der Waals surface area contributed by atoms with E-state index in [0.717, 1.165) is 12.3 Å². The molecular weight excluding hydrogens is 181 g/mol. The Labute approximate surface area is 72.6 Å². The van der Waals surface area contributed by atoms with Crippen LogP contribution in [-0.2, 0) is 6.18 Å². The van der Waals surface area contributed by atoms with Gasteiger partial charge in [0.1, 0.15) is 5.69 Å². The van der Waals surface area contributed by atoms with Crippen molar-refractivity contribution >= 4 is 0 Å². The fraction of sp³-hybridized carbons (Fsp3) is 0.250. The Morgan fingerprint density at radius 3 is 2.54 bits per heavy atom. The van der Waals surface area contributed by atoms with Crippen LogP contribution in [0, 0.1) is 18.3 Å². The van der Waals surface area contributed by atoms with Gasteiger partial charge in [-0.2, -0.15) is 18.4 Å². The maximum Gasteiger partial charge on any atom is 0.433 e. The minimum atomic E-state index is -4.49. The second-order valence-corrected chi connectivity index (χ2v) is 2.49. The number of aryl methyl sites for hydroxylation is 1. The van der Waals surface area contributed by atoms with Gasteiger partial charge in [0.05, 0.1) is 11.6 Å². The van der Waals surface area contributed by atoms with Crippen LogP contribution < -0.4 is 0 Å². The zero-order valence-corrected chi connectivity index (χ0v) is 6.68. The van der Waals surface area contributed by atoms with E-state index in [9.17, 15) is 13.2 Å². The monoisotopic (exact) mass is 186 g/mol. The number of hydrogen-bond donors (Lipinski definition) is 0. The summed E-state index contributed by atoms with van der Waals surface area (Å²) in [6, 6.07) is 2.41. The number of aromatic nitrogens is 1. The quantitative estimate of drug-likeness (QED) is 0.623. The Balaban J connectivity index is 3.24. The first-order chi connectivity index (χ1) is 5.95. The highest BCUT2D eigenvalue weighted by Gasteiger charge is 2.32. The molecular formula is C8H5F3N2. The lowest BCUT2D eigenvalue weighted by molar-refractivity contribution is -0.141. The molecule has 2 nitrogen and oxygen atoms in total. The van der Waals surface area contributed by atoms with E-state index in [2.05, 4.69) is 4.98 Å². The Morgan fingerprint density at radius 2 is 2.08 bits per heavy atom. The van der Waals surface area contributed by atoms with Crippen molar-refractivity contribution in [3.05, 3.63) is 29.1 Å². The molecule has 0 bridgehead atoms. The van der Waals surface area contributed by atoms with Crippen molar-refractivity contribution in [2.45, 2.75) is 13.1 Å². The molecule has 0 unspecified atom stereocenters. The van der Waals surface area contributed by atoms with E-state index in [1.165, 1.54) is 6.92 Å². The molecule has 0 aliphatic carbocycles. The topological polar surface area (TPSA) is 36.7 Å². The summed E-state index contributed by atoms with van der Waals surface area (Å²) in [6.45, 7) is 1.53. The molecule has 0 aromatic carbocycles. The van der Waals surface area contributed by atoms with Crippen LogP contribution >= 0.6 is 0 Å². The zero-order valence-electron chi connectivity index (χ0n) is 6.68. The van der Waals surface area contributed by atoms with E-state index in [4.69, 9.17) is 5.26 Å². The van der Waals surface area contributed by atoms with Crippen LogP contribution in [0.1, 0.15) is 16.8 Å². The molecule has 1 heterocycles. The first kappa shape index (κ1) is 9.52. The van der Waals surface area contributed by atoms with Gasteiger partial charge in [-0.3, -0.25) is 4.98 Å². The van der Waals surface area contributed by atoms with Crippen LogP contribution in [0.2, 0.25) is 0 Å². The standard InChI is InChI=1S/C8H5F3N2/c1-5-4-13-7(8(9,10)11)2-6(5)3-12/h2,4H,1H3. The third kappa shape index (κ3) is 1.96. The van der Waals surface area contributed by atoms with Crippen LogP contribution in [0.5, 0.6) is 0 Å². The third-order valence-corrected chi connectivity index (χ3v) is 1.51. The van der Waals surface area contributed by atoms with Crippen molar-refractivity contribution in [3.63, 3.8) is 0 Å². The molecule has 1 aromatic rings. The molecule has 0 atom stereocenters. The summed E-state index contributed by atoms with van der Waals surface area (Å²) < 4.78 is 36.2. The first-order valence-electron chi connectivity index (χ1n) is 3.39. The van der Waals surface area contributed by atoms with Crippen molar-refractivity contribution in [2.75, 3.05) is 0 Å². The second-order valence-electron chi connectivity index (χ2n) is 2.49. The van der Waals surface area contributed by atoms with Crippen molar-refractivity contribution in [1.29, 1.82) is 5.26 Å². The highest BCUT2D eigenvalue weighted by Crippen LogP contribution is 2.28. The summed E-state index contributed by atoms with van der Waals surface area (Å²) in [5.41, 5.74) is -0.590. The molecule has 0 radical (unpaired) electrons. The molecule has 0 fully saturated rings. The molecule has 5 heteroatoms. The summed E-state index contributed by atoms with van der Waals surface area (Å²) in [7, 11) is 0. The summed E-state index contributed by atoms with van der Waals surface area (Å²) in [5.74, 6) is 0. The van der Waals surface area contributed by atoms with Gasteiger partial charge in [0, 0.05) is 6.20 Å². The number of alkyl halides is 3. The molecule has 0 spiro atoms. The fourth-order valence-corrected chi connectivity index (χ4v) is 0.799. The fourth-order valence-electron chi connectivity index (χ4n) is 0.799. The summed E-state index contributed by atoms with van der Waals surface area (Å²) in [5, 5.41) is 8.46. The summed E-state index contributed by atoms with van der Waals surface area (Å²) in [6.07, 6.45) is -3.44. The van der Waals surface area contributed by atoms with Crippen LogP contribution in [-0.4, -0.2) is 4.98 Å². The van der Waals surface area contributed by atoms with Crippen molar-refractivity contribution < 1.29 is 13.2 Å². The normalized spacial score (nSPS) is 11.0. The number of nitrogens with zero attached hydrogens (tertiary/aromatic N) is 2. The summed E-state index contributed by atoms with van der Waals surface area (Å²) in [4.78, 5) is 3.18. The molecule has 68 valence electrons. The predicted molar refractivity (Wildman–Crippen MR) is 38.7 cm³/mol. The van der Waals surface area contributed by atoms with Crippen LogP contribution in [0.25, 0.3) is 0 Å². The Kier molecular flexibility index (Phi) is 2.24. The molecule has 0 aliphatic heterocycles. The minimum Gasteiger partial charge on any atom is -0.251 e. The number of pyridine rings is 1. The predicted octanol–water partition coefficient (Wildman–Crippen LogP) is 2.28. The van der Waals surface area contributed by atoms with E-state index in [-0.39, 0.29) is 5.56 Å². The summed E-state index contributed by atoms with van der Waals surface area (Å²) >= 11 is 0. The van der Waals surface area contributed by atoms with E-state index in [1.807, 2.05) is 0 Å². The van der Waals surface area contributed by atoms with Crippen LogP contribution in [0.3, 0.4) is 0 Å². The minimum absolute atomic E-state index is 0.00215. The average Bonchev–Trinajstić information content (AvgIpc) is 2.03. The lowest BCUT2D eigenvalue weighted by atomic mass is 10.1. The lowest BCUT2D eigenvalue weighted by Gasteiger charge is -2.05.